The number of benzene rings is 1. The summed E-state index contributed by atoms with van der Waals surface area (Å²) in [4.78, 5) is 12.3. The number of nitrogens with zero attached hydrogens (tertiary/aromatic N) is 2. The molecule has 0 aliphatic heterocycles. The summed E-state index contributed by atoms with van der Waals surface area (Å²) in [6, 6.07) is 4.30. The van der Waals surface area contributed by atoms with Gasteiger partial charge in [-0.2, -0.15) is 0 Å². The summed E-state index contributed by atoms with van der Waals surface area (Å²) < 4.78 is 5.38. The Morgan fingerprint density at radius 1 is 1.47 bits per heavy atom. The maximum absolute atomic E-state index is 10.7. The number of rotatable bonds is 6. The zero-order chi connectivity index (χ0) is 12.8. The molecule has 0 aromatic heterocycles. The molecule has 17 heavy (non-hydrogen) atoms. The molecule has 1 aromatic rings. The number of hydrogen-bond acceptors (Lipinski definition) is 4. The second-order valence-corrected chi connectivity index (χ2v) is 4.31. The highest BCUT2D eigenvalue weighted by Crippen LogP contribution is 2.29. The van der Waals surface area contributed by atoms with Gasteiger partial charge in [0.25, 0.3) is 0 Å². The van der Waals surface area contributed by atoms with Crippen LogP contribution in [0.4, 0.5) is 5.69 Å². The number of ether oxygens (including phenoxy) is 1. The molecule has 0 amide bonds. The third-order valence-corrected chi connectivity index (χ3v) is 2.36. The summed E-state index contributed by atoms with van der Waals surface area (Å²) in [6.07, 6.45) is 0.802. The van der Waals surface area contributed by atoms with E-state index in [1.807, 2.05) is 19.0 Å². The van der Waals surface area contributed by atoms with E-state index in [0.717, 1.165) is 13.0 Å². The topological polar surface area (TPSA) is 55.6 Å². The van der Waals surface area contributed by atoms with Crippen molar-refractivity contribution in [3.05, 3.63) is 33.3 Å². The van der Waals surface area contributed by atoms with Gasteiger partial charge < -0.3 is 9.64 Å². The van der Waals surface area contributed by atoms with E-state index in [2.05, 4.69) is 0 Å². The van der Waals surface area contributed by atoms with Crippen molar-refractivity contribution >= 4 is 17.3 Å². The lowest BCUT2D eigenvalue weighted by Crippen LogP contribution is -2.15. The van der Waals surface area contributed by atoms with Gasteiger partial charge in [-0.1, -0.05) is 11.6 Å². The van der Waals surface area contributed by atoms with Crippen molar-refractivity contribution in [2.45, 2.75) is 6.42 Å². The van der Waals surface area contributed by atoms with Crippen LogP contribution in [0.3, 0.4) is 0 Å². The molecule has 0 radical (unpaired) electrons. The molecule has 5 nitrogen and oxygen atoms in total. The highest BCUT2D eigenvalue weighted by Gasteiger charge is 2.14. The Labute approximate surface area is 105 Å². The minimum Gasteiger partial charge on any atom is -0.487 e. The first-order valence-corrected chi connectivity index (χ1v) is 5.60. The zero-order valence-corrected chi connectivity index (χ0v) is 10.6. The summed E-state index contributed by atoms with van der Waals surface area (Å²) in [6.45, 7) is 1.30. The smallest absolute Gasteiger partial charge is 0.311 e. The monoisotopic (exact) mass is 258 g/mol. The Kier molecular flexibility index (Phi) is 5.18. The van der Waals surface area contributed by atoms with Gasteiger partial charge in [0.15, 0.2) is 5.75 Å². The molecule has 0 spiro atoms. The Morgan fingerprint density at radius 3 is 2.76 bits per heavy atom. The van der Waals surface area contributed by atoms with Crippen LogP contribution in [0, 0.1) is 10.1 Å². The van der Waals surface area contributed by atoms with Gasteiger partial charge in [-0.15, -0.1) is 0 Å². The van der Waals surface area contributed by atoms with E-state index < -0.39 is 4.92 Å². The first kappa shape index (κ1) is 13.7. The summed E-state index contributed by atoms with van der Waals surface area (Å²) in [7, 11) is 3.92. The molecule has 0 aliphatic carbocycles. The van der Waals surface area contributed by atoms with Crippen molar-refractivity contribution in [3.8, 4) is 5.75 Å². The molecule has 0 fully saturated rings. The molecular weight excluding hydrogens is 244 g/mol. The lowest BCUT2D eigenvalue weighted by atomic mass is 10.3. The predicted molar refractivity (Wildman–Crippen MR) is 66.8 cm³/mol. The lowest BCUT2D eigenvalue weighted by molar-refractivity contribution is -0.385. The molecule has 0 atom stereocenters. The Bertz CT molecular complexity index is 396. The van der Waals surface area contributed by atoms with Crippen LogP contribution in [0.1, 0.15) is 6.42 Å². The van der Waals surface area contributed by atoms with E-state index in [9.17, 15) is 10.1 Å². The number of hydrogen-bond donors (Lipinski definition) is 0. The first-order valence-electron chi connectivity index (χ1n) is 5.22. The highest BCUT2D eigenvalue weighted by molar-refractivity contribution is 6.30. The number of nitro benzene ring substituents is 1. The van der Waals surface area contributed by atoms with E-state index in [1.54, 1.807) is 0 Å². The number of halogens is 1. The normalized spacial score (nSPS) is 10.6. The summed E-state index contributed by atoms with van der Waals surface area (Å²) in [5.41, 5.74) is -0.0562. The predicted octanol–water partition coefficient (Wildman–Crippen LogP) is 2.58. The molecule has 0 heterocycles. The van der Waals surface area contributed by atoms with Gasteiger partial charge >= 0.3 is 5.69 Å². The van der Waals surface area contributed by atoms with Crippen LogP contribution >= 0.6 is 11.6 Å². The van der Waals surface area contributed by atoms with E-state index in [1.165, 1.54) is 18.2 Å². The maximum Gasteiger partial charge on any atom is 0.311 e. The Morgan fingerprint density at radius 2 is 2.18 bits per heavy atom. The van der Waals surface area contributed by atoms with Crippen LogP contribution in [0.5, 0.6) is 5.75 Å². The second kappa shape index (κ2) is 6.42. The van der Waals surface area contributed by atoms with Crippen LogP contribution in [0.2, 0.25) is 5.02 Å². The lowest BCUT2D eigenvalue weighted by Gasteiger charge is -2.10. The Hall–Kier alpha value is -1.33. The van der Waals surface area contributed by atoms with Crippen LogP contribution in [0.25, 0.3) is 0 Å². The van der Waals surface area contributed by atoms with Crippen molar-refractivity contribution < 1.29 is 9.66 Å². The summed E-state index contributed by atoms with van der Waals surface area (Å²) in [5.74, 6) is 0.223. The fraction of sp³-hybridized carbons (Fsp3) is 0.455. The quantitative estimate of drug-likeness (QED) is 0.447. The van der Waals surface area contributed by atoms with Crippen molar-refractivity contribution in [3.63, 3.8) is 0 Å². The fourth-order valence-electron chi connectivity index (χ4n) is 1.32. The highest BCUT2D eigenvalue weighted by atomic mass is 35.5. The second-order valence-electron chi connectivity index (χ2n) is 3.87. The van der Waals surface area contributed by atoms with Gasteiger partial charge in [0.2, 0.25) is 0 Å². The van der Waals surface area contributed by atoms with Crippen LogP contribution in [-0.2, 0) is 0 Å². The third kappa shape index (κ3) is 4.58. The third-order valence-electron chi connectivity index (χ3n) is 2.13. The maximum atomic E-state index is 10.7. The number of nitro groups is 1. The average molecular weight is 259 g/mol. The molecule has 0 unspecified atom stereocenters. The molecule has 6 heteroatoms. The van der Waals surface area contributed by atoms with E-state index in [4.69, 9.17) is 16.3 Å². The van der Waals surface area contributed by atoms with Crippen LogP contribution < -0.4 is 4.74 Å². The minimum absolute atomic E-state index is 0.0562. The van der Waals surface area contributed by atoms with Gasteiger partial charge in [-0.3, -0.25) is 10.1 Å². The standard InChI is InChI=1S/C11H15ClN2O3/c1-13(2)6-3-7-17-11-8-9(12)4-5-10(11)14(15)16/h4-5,8H,3,6-7H2,1-2H3. The molecule has 0 aliphatic rings. The van der Waals surface area contributed by atoms with Gasteiger partial charge in [-0.25, -0.2) is 0 Å². The molecule has 1 aromatic carbocycles. The minimum atomic E-state index is -0.475. The van der Waals surface area contributed by atoms with Gasteiger partial charge in [0.05, 0.1) is 11.5 Å². The van der Waals surface area contributed by atoms with Gasteiger partial charge in [-0.05, 0) is 26.6 Å². The molecule has 0 N–H and O–H groups in total. The fourth-order valence-corrected chi connectivity index (χ4v) is 1.48. The zero-order valence-electron chi connectivity index (χ0n) is 9.85. The van der Waals surface area contributed by atoms with Crippen molar-refractivity contribution in [2.24, 2.45) is 0 Å². The van der Waals surface area contributed by atoms with Crippen molar-refractivity contribution in [1.82, 2.24) is 4.90 Å². The van der Waals surface area contributed by atoms with E-state index >= 15 is 0 Å². The largest absolute Gasteiger partial charge is 0.487 e. The Balaban J connectivity index is 2.62. The van der Waals surface area contributed by atoms with Crippen molar-refractivity contribution in [1.29, 1.82) is 0 Å². The van der Waals surface area contributed by atoms with Crippen LogP contribution in [0.15, 0.2) is 18.2 Å². The van der Waals surface area contributed by atoms with E-state index in [-0.39, 0.29) is 11.4 Å². The van der Waals surface area contributed by atoms with Crippen molar-refractivity contribution in [2.75, 3.05) is 27.2 Å². The summed E-state index contributed by atoms with van der Waals surface area (Å²) in [5, 5.41) is 11.2. The van der Waals surface area contributed by atoms with Crippen LogP contribution in [-0.4, -0.2) is 37.1 Å². The SMILES string of the molecule is CN(C)CCCOc1cc(Cl)ccc1[N+](=O)[O-]. The average Bonchev–Trinajstić information content (AvgIpc) is 2.23. The summed E-state index contributed by atoms with van der Waals surface area (Å²) >= 11 is 5.77. The molecule has 94 valence electrons. The molecule has 0 saturated heterocycles. The first-order chi connectivity index (χ1) is 8.00. The molecule has 0 saturated carbocycles. The molecular formula is C11H15ClN2O3. The van der Waals surface area contributed by atoms with E-state index in [0.29, 0.717) is 11.6 Å². The molecule has 1 rings (SSSR count). The van der Waals surface area contributed by atoms with Gasteiger partial charge in [0, 0.05) is 23.7 Å². The van der Waals surface area contributed by atoms with Gasteiger partial charge in [0.1, 0.15) is 0 Å². The molecule has 0 bridgehead atoms.